The summed E-state index contributed by atoms with van der Waals surface area (Å²) in [5.41, 5.74) is 1.99. The number of halogens is 2. The molecule has 0 aliphatic heterocycles. The molecule has 3 rings (SSSR count). The second kappa shape index (κ2) is 5.08. The highest BCUT2D eigenvalue weighted by Gasteiger charge is 2.08. The first kappa shape index (κ1) is 12.3. The molecule has 0 saturated carbocycles. The van der Waals surface area contributed by atoms with Gasteiger partial charge in [0.2, 0.25) is 0 Å². The van der Waals surface area contributed by atoms with E-state index in [1.807, 2.05) is 59.4 Å². The average Bonchev–Trinajstić information content (AvgIpc) is 2.83. The van der Waals surface area contributed by atoms with E-state index in [2.05, 4.69) is 4.98 Å². The van der Waals surface area contributed by atoms with Crippen LogP contribution in [0.5, 0.6) is 0 Å². The van der Waals surface area contributed by atoms with Crippen molar-refractivity contribution in [2.75, 3.05) is 0 Å². The molecule has 2 aromatic heterocycles. The average molecular weight is 289 g/mol. The summed E-state index contributed by atoms with van der Waals surface area (Å²) in [6.45, 7) is 0. The van der Waals surface area contributed by atoms with Gasteiger partial charge in [-0.05, 0) is 29.8 Å². The zero-order chi connectivity index (χ0) is 13.2. The molecule has 2 heterocycles. The summed E-state index contributed by atoms with van der Waals surface area (Å²) in [7, 11) is 0. The van der Waals surface area contributed by atoms with Crippen LogP contribution < -0.4 is 0 Å². The molecule has 0 radical (unpaired) electrons. The van der Waals surface area contributed by atoms with Gasteiger partial charge in [0.05, 0.1) is 5.02 Å². The molecule has 0 bridgehead atoms. The summed E-state index contributed by atoms with van der Waals surface area (Å²) < 4.78 is 1.91. The number of aromatic nitrogens is 2. The predicted octanol–water partition coefficient (Wildman–Crippen LogP) is 4.85. The monoisotopic (exact) mass is 288 g/mol. The van der Waals surface area contributed by atoms with Gasteiger partial charge >= 0.3 is 0 Å². The molecule has 0 aliphatic carbocycles. The Balaban J connectivity index is 2.05. The third-order valence-corrected chi connectivity index (χ3v) is 3.40. The first-order chi connectivity index (χ1) is 9.24. The van der Waals surface area contributed by atoms with Crippen molar-refractivity contribution >= 4 is 23.2 Å². The van der Waals surface area contributed by atoms with Gasteiger partial charge in [-0.2, -0.15) is 0 Å². The first-order valence-corrected chi connectivity index (χ1v) is 6.54. The van der Waals surface area contributed by atoms with Crippen LogP contribution in [-0.4, -0.2) is 9.55 Å². The second-order valence-electron chi connectivity index (χ2n) is 4.12. The van der Waals surface area contributed by atoms with Crippen LogP contribution in [0.2, 0.25) is 10.0 Å². The van der Waals surface area contributed by atoms with Gasteiger partial charge in [-0.25, -0.2) is 4.98 Å². The van der Waals surface area contributed by atoms with Crippen molar-refractivity contribution in [1.82, 2.24) is 9.55 Å². The van der Waals surface area contributed by atoms with E-state index in [1.165, 1.54) is 0 Å². The Kier molecular flexibility index (Phi) is 3.28. The number of hydrogen-bond donors (Lipinski definition) is 0. The lowest BCUT2D eigenvalue weighted by Crippen LogP contribution is -1.91. The van der Waals surface area contributed by atoms with E-state index < -0.39 is 0 Å². The maximum absolute atomic E-state index is 6.29. The minimum absolute atomic E-state index is 0.688. The minimum Gasteiger partial charge on any atom is -0.306 e. The van der Waals surface area contributed by atoms with Gasteiger partial charge in [0.1, 0.15) is 5.82 Å². The van der Waals surface area contributed by atoms with Crippen molar-refractivity contribution in [2.45, 2.75) is 0 Å². The van der Waals surface area contributed by atoms with Gasteiger partial charge in [0.25, 0.3) is 0 Å². The number of rotatable bonds is 2. The molecule has 0 aliphatic rings. The highest BCUT2D eigenvalue weighted by molar-refractivity contribution is 6.33. The van der Waals surface area contributed by atoms with Crippen molar-refractivity contribution in [3.8, 4) is 16.9 Å². The Morgan fingerprint density at radius 1 is 0.895 bits per heavy atom. The van der Waals surface area contributed by atoms with Gasteiger partial charge in [-0.1, -0.05) is 41.4 Å². The summed E-state index contributed by atoms with van der Waals surface area (Å²) in [6.07, 6.45) is 5.58. The van der Waals surface area contributed by atoms with Crippen LogP contribution in [0.15, 0.2) is 61.1 Å². The fourth-order valence-corrected chi connectivity index (χ4v) is 2.30. The number of pyridine rings is 1. The van der Waals surface area contributed by atoms with E-state index in [0.29, 0.717) is 10.0 Å². The van der Waals surface area contributed by atoms with Gasteiger partial charge in [-0.3, -0.25) is 0 Å². The lowest BCUT2D eigenvalue weighted by atomic mass is 10.1. The molecule has 1 aromatic carbocycles. The topological polar surface area (TPSA) is 17.8 Å². The highest BCUT2D eigenvalue weighted by atomic mass is 35.5. The van der Waals surface area contributed by atoms with Gasteiger partial charge in [0, 0.05) is 29.2 Å². The van der Waals surface area contributed by atoms with Crippen molar-refractivity contribution in [3.63, 3.8) is 0 Å². The van der Waals surface area contributed by atoms with E-state index in [4.69, 9.17) is 23.2 Å². The zero-order valence-corrected chi connectivity index (χ0v) is 11.4. The normalized spacial score (nSPS) is 10.6. The zero-order valence-electron chi connectivity index (χ0n) is 9.92. The number of hydrogen-bond acceptors (Lipinski definition) is 1. The fourth-order valence-electron chi connectivity index (χ4n) is 1.91. The Hall–Kier alpha value is -1.77. The summed E-state index contributed by atoms with van der Waals surface area (Å²) >= 11 is 12.2. The van der Waals surface area contributed by atoms with Crippen LogP contribution in [0.1, 0.15) is 0 Å². The number of nitrogens with zero attached hydrogens (tertiary/aromatic N) is 2. The van der Waals surface area contributed by atoms with Crippen molar-refractivity contribution < 1.29 is 0 Å². The molecule has 4 heteroatoms. The van der Waals surface area contributed by atoms with Crippen LogP contribution in [0.25, 0.3) is 16.9 Å². The fraction of sp³-hybridized carbons (Fsp3) is 0. The molecular weight excluding hydrogens is 279 g/mol. The standard InChI is InChI=1S/C15H10Cl2N2/c16-12-6-4-11(5-7-12)13-9-19(10-14(13)17)15-3-1-2-8-18-15/h1-10H. The van der Waals surface area contributed by atoms with Crippen LogP contribution in [-0.2, 0) is 0 Å². The van der Waals surface area contributed by atoms with Crippen LogP contribution >= 0.6 is 23.2 Å². The molecular formula is C15H10Cl2N2. The SMILES string of the molecule is Clc1ccc(-c2cn(-c3ccccn3)cc2Cl)cc1. The molecule has 3 aromatic rings. The molecule has 0 N–H and O–H groups in total. The smallest absolute Gasteiger partial charge is 0.136 e. The van der Waals surface area contributed by atoms with Crippen molar-refractivity contribution in [3.05, 3.63) is 71.1 Å². The van der Waals surface area contributed by atoms with Crippen LogP contribution in [0, 0.1) is 0 Å². The number of benzene rings is 1. The molecule has 0 amide bonds. The quantitative estimate of drug-likeness (QED) is 0.659. The summed E-state index contributed by atoms with van der Waals surface area (Å²) in [5.74, 6) is 0.838. The Labute approximate surface area is 121 Å². The van der Waals surface area contributed by atoms with E-state index in [-0.39, 0.29) is 0 Å². The van der Waals surface area contributed by atoms with E-state index in [1.54, 1.807) is 6.20 Å². The summed E-state index contributed by atoms with van der Waals surface area (Å²) in [6, 6.07) is 13.4. The maximum Gasteiger partial charge on any atom is 0.136 e. The molecule has 0 atom stereocenters. The molecule has 94 valence electrons. The highest BCUT2D eigenvalue weighted by Crippen LogP contribution is 2.30. The third-order valence-electron chi connectivity index (χ3n) is 2.85. The Morgan fingerprint density at radius 3 is 2.37 bits per heavy atom. The van der Waals surface area contributed by atoms with Crippen LogP contribution in [0.4, 0.5) is 0 Å². The third kappa shape index (κ3) is 2.50. The lowest BCUT2D eigenvalue weighted by Gasteiger charge is -2.00. The van der Waals surface area contributed by atoms with E-state index >= 15 is 0 Å². The van der Waals surface area contributed by atoms with E-state index in [9.17, 15) is 0 Å². The Bertz CT molecular complexity index is 688. The molecule has 19 heavy (non-hydrogen) atoms. The van der Waals surface area contributed by atoms with Crippen molar-refractivity contribution in [2.24, 2.45) is 0 Å². The molecule has 0 unspecified atom stereocenters. The first-order valence-electron chi connectivity index (χ1n) is 5.79. The van der Waals surface area contributed by atoms with Crippen LogP contribution in [0.3, 0.4) is 0 Å². The largest absolute Gasteiger partial charge is 0.306 e. The molecule has 0 saturated heterocycles. The van der Waals surface area contributed by atoms with Gasteiger partial charge in [-0.15, -0.1) is 0 Å². The predicted molar refractivity (Wildman–Crippen MR) is 79.0 cm³/mol. The molecule has 0 spiro atoms. The summed E-state index contributed by atoms with van der Waals surface area (Å²) in [4.78, 5) is 4.29. The minimum atomic E-state index is 0.688. The Morgan fingerprint density at radius 2 is 1.68 bits per heavy atom. The lowest BCUT2D eigenvalue weighted by molar-refractivity contribution is 1.01. The van der Waals surface area contributed by atoms with E-state index in [0.717, 1.165) is 16.9 Å². The maximum atomic E-state index is 6.29. The second-order valence-corrected chi connectivity index (χ2v) is 4.97. The molecule has 0 fully saturated rings. The summed E-state index contributed by atoms with van der Waals surface area (Å²) in [5, 5.41) is 1.40. The van der Waals surface area contributed by atoms with Crippen molar-refractivity contribution in [1.29, 1.82) is 0 Å². The van der Waals surface area contributed by atoms with Gasteiger partial charge in [0.15, 0.2) is 0 Å². The molecule has 2 nitrogen and oxygen atoms in total. The van der Waals surface area contributed by atoms with Gasteiger partial charge < -0.3 is 4.57 Å².